The van der Waals surface area contributed by atoms with E-state index in [2.05, 4.69) is 0 Å². The van der Waals surface area contributed by atoms with Crippen LogP contribution in [0.25, 0.3) is 0 Å². The quantitative estimate of drug-likeness (QED) is 0.623. The molecule has 0 radical (unpaired) electrons. The highest BCUT2D eigenvalue weighted by molar-refractivity contribution is 6.31. The number of hydrogen-bond acceptors (Lipinski definition) is 4. The summed E-state index contributed by atoms with van der Waals surface area (Å²) in [7, 11) is 0. The summed E-state index contributed by atoms with van der Waals surface area (Å²) in [6.45, 7) is 3.98. The molecule has 0 aliphatic carbocycles. The lowest BCUT2D eigenvalue weighted by Crippen LogP contribution is -2.40. The summed E-state index contributed by atoms with van der Waals surface area (Å²) in [5.74, 6) is -1.62. The van der Waals surface area contributed by atoms with E-state index in [1.165, 1.54) is 0 Å². The average Bonchev–Trinajstić information content (AvgIpc) is 3.15. The number of nitrogens with zero attached hydrogens (tertiary/aromatic N) is 1. The van der Waals surface area contributed by atoms with Gasteiger partial charge in [0.05, 0.1) is 24.7 Å². The van der Waals surface area contributed by atoms with Crippen molar-refractivity contribution in [3.63, 3.8) is 0 Å². The standard InChI is InChI=1S/C18H18ClNO4/c1-10(2)23-17(22)14-13-6-7-18(24-13)9-20(16(21)15(14)18)12-5-3-4-11(19)8-12/h3-8,10,13-15H,9H2,1-2H3/t13-,14+,15-,18+/m1/s1. The molecule has 1 spiro atoms. The third-order valence-electron chi connectivity index (χ3n) is 4.84. The van der Waals surface area contributed by atoms with E-state index < -0.39 is 17.4 Å². The molecule has 3 aliphatic heterocycles. The minimum Gasteiger partial charge on any atom is -0.463 e. The number of esters is 1. The maximum Gasteiger partial charge on any atom is 0.313 e. The predicted molar refractivity (Wildman–Crippen MR) is 88.8 cm³/mol. The Bertz CT molecular complexity index is 746. The highest BCUT2D eigenvalue weighted by atomic mass is 35.5. The van der Waals surface area contributed by atoms with Crippen molar-refractivity contribution in [1.29, 1.82) is 0 Å². The van der Waals surface area contributed by atoms with Crippen molar-refractivity contribution in [2.75, 3.05) is 11.4 Å². The van der Waals surface area contributed by atoms with Crippen molar-refractivity contribution in [1.82, 2.24) is 0 Å². The van der Waals surface area contributed by atoms with Crippen LogP contribution in [0.5, 0.6) is 0 Å². The lowest BCUT2D eigenvalue weighted by Gasteiger charge is -2.23. The monoisotopic (exact) mass is 347 g/mol. The average molecular weight is 348 g/mol. The molecule has 1 amide bonds. The maximum absolute atomic E-state index is 13.0. The minimum atomic E-state index is -0.745. The summed E-state index contributed by atoms with van der Waals surface area (Å²) in [6, 6.07) is 7.14. The van der Waals surface area contributed by atoms with Crippen LogP contribution in [0.3, 0.4) is 0 Å². The van der Waals surface area contributed by atoms with Gasteiger partial charge in [-0.15, -0.1) is 0 Å². The molecule has 4 atom stereocenters. The molecule has 5 nitrogen and oxygen atoms in total. The summed E-state index contributed by atoms with van der Waals surface area (Å²) >= 11 is 6.05. The van der Waals surface area contributed by atoms with Crippen LogP contribution < -0.4 is 4.90 Å². The molecule has 0 saturated carbocycles. The normalized spacial score (nSPS) is 33.4. The van der Waals surface area contributed by atoms with Crippen LogP contribution in [-0.4, -0.2) is 36.2 Å². The Morgan fingerprint density at radius 3 is 2.96 bits per heavy atom. The van der Waals surface area contributed by atoms with Crippen LogP contribution >= 0.6 is 11.6 Å². The fourth-order valence-electron chi connectivity index (χ4n) is 3.94. The van der Waals surface area contributed by atoms with Gasteiger partial charge in [-0.1, -0.05) is 29.8 Å². The number of halogens is 1. The van der Waals surface area contributed by atoms with Crippen molar-refractivity contribution in [3.05, 3.63) is 41.4 Å². The molecule has 3 aliphatic rings. The van der Waals surface area contributed by atoms with Crippen molar-refractivity contribution < 1.29 is 19.1 Å². The Kier molecular flexibility index (Phi) is 3.48. The Morgan fingerprint density at radius 2 is 2.25 bits per heavy atom. The van der Waals surface area contributed by atoms with Crippen LogP contribution in [0.2, 0.25) is 5.02 Å². The summed E-state index contributed by atoms with van der Waals surface area (Å²) < 4.78 is 11.4. The van der Waals surface area contributed by atoms with E-state index in [9.17, 15) is 9.59 Å². The molecule has 2 bridgehead atoms. The van der Waals surface area contributed by atoms with Gasteiger partial charge in [-0.2, -0.15) is 0 Å². The van der Waals surface area contributed by atoms with Gasteiger partial charge in [-0.25, -0.2) is 0 Å². The number of rotatable bonds is 3. The second-order valence-corrected chi connectivity index (χ2v) is 7.23. The Balaban J connectivity index is 1.68. The van der Waals surface area contributed by atoms with Crippen LogP contribution in [-0.2, 0) is 19.1 Å². The van der Waals surface area contributed by atoms with E-state index in [1.807, 2.05) is 18.2 Å². The van der Waals surface area contributed by atoms with E-state index in [1.54, 1.807) is 36.9 Å². The van der Waals surface area contributed by atoms with E-state index >= 15 is 0 Å². The topological polar surface area (TPSA) is 55.8 Å². The second kappa shape index (κ2) is 5.33. The molecule has 6 heteroatoms. The summed E-state index contributed by atoms with van der Waals surface area (Å²) in [6.07, 6.45) is 3.19. The van der Waals surface area contributed by atoms with Crippen LogP contribution in [0.4, 0.5) is 5.69 Å². The molecule has 126 valence electrons. The molecule has 2 fully saturated rings. The Morgan fingerprint density at radius 1 is 1.46 bits per heavy atom. The van der Waals surface area contributed by atoms with Crippen molar-refractivity contribution in [3.8, 4) is 0 Å². The molecule has 24 heavy (non-hydrogen) atoms. The fraction of sp³-hybridized carbons (Fsp3) is 0.444. The molecule has 0 N–H and O–H groups in total. The van der Waals surface area contributed by atoms with Crippen molar-refractivity contribution in [2.24, 2.45) is 11.8 Å². The largest absolute Gasteiger partial charge is 0.463 e. The highest BCUT2D eigenvalue weighted by Gasteiger charge is 2.67. The number of hydrogen-bond donors (Lipinski definition) is 0. The first-order chi connectivity index (χ1) is 11.4. The highest BCUT2D eigenvalue weighted by Crippen LogP contribution is 2.53. The zero-order valence-corrected chi connectivity index (χ0v) is 14.2. The van der Waals surface area contributed by atoms with Crippen LogP contribution in [0.15, 0.2) is 36.4 Å². The molecular formula is C18H18ClNO4. The van der Waals surface area contributed by atoms with Gasteiger partial charge in [0, 0.05) is 10.7 Å². The number of carbonyl (C=O) groups is 2. The first-order valence-corrected chi connectivity index (χ1v) is 8.44. The number of anilines is 1. The minimum absolute atomic E-state index is 0.116. The second-order valence-electron chi connectivity index (χ2n) is 6.79. The number of carbonyl (C=O) groups excluding carboxylic acids is 2. The van der Waals surface area contributed by atoms with Gasteiger partial charge in [0.15, 0.2) is 0 Å². The smallest absolute Gasteiger partial charge is 0.313 e. The van der Waals surface area contributed by atoms with Crippen LogP contribution in [0, 0.1) is 11.8 Å². The van der Waals surface area contributed by atoms with Gasteiger partial charge in [0.1, 0.15) is 11.5 Å². The zero-order chi connectivity index (χ0) is 17.1. The number of fused-ring (bicyclic) bond motifs is 1. The molecule has 3 heterocycles. The molecule has 1 aromatic carbocycles. The maximum atomic E-state index is 13.0. The van der Waals surface area contributed by atoms with Gasteiger partial charge in [-0.05, 0) is 32.0 Å². The zero-order valence-electron chi connectivity index (χ0n) is 13.4. The van der Waals surface area contributed by atoms with E-state index in [-0.39, 0.29) is 24.1 Å². The first-order valence-electron chi connectivity index (χ1n) is 8.06. The molecule has 0 aromatic heterocycles. The van der Waals surface area contributed by atoms with E-state index in [4.69, 9.17) is 21.1 Å². The molecule has 2 saturated heterocycles. The summed E-state index contributed by atoms with van der Waals surface area (Å²) in [5.41, 5.74) is -0.0298. The number of amides is 1. The van der Waals surface area contributed by atoms with Gasteiger partial charge >= 0.3 is 5.97 Å². The molecular weight excluding hydrogens is 330 g/mol. The fourth-order valence-corrected chi connectivity index (χ4v) is 4.13. The molecule has 4 rings (SSSR count). The summed E-state index contributed by atoms with van der Waals surface area (Å²) in [5, 5.41) is 0.561. The summed E-state index contributed by atoms with van der Waals surface area (Å²) in [4.78, 5) is 27.2. The third kappa shape index (κ3) is 2.19. The van der Waals surface area contributed by atoms with Gasteiger partial charge in [0.25, 0.3) is 0 Å². The first kappa shape index (κ1) is 15.7. The lowest BCUT2D eigenvalue weighted by atomic mass is 9.77. The van der Waals surface area contributed by atoms with E-state index in [0.29, 0.717) is 17.3 Å². The number of ether oxygens (including phenoxy) is 2. The lowest BCUT2D eigenvalue weighted by molar-refractivity contribution is -0.156. The van der Waals surface area contributed by atoms with Gasteiger partial charge < -0.3 is 14.4 Å². The SMILES string of the molecule is CC(C)OC(=O)[C@H]1[C@H]2C=C[C@@]3(CN(c4cccc(Cl)c4)C(=O)[C@@H]13)O2. The Hall–Kier alpha value is -1.85. The molecule has 1 aromatic rings. The predicted octanol–water partition coefficient (Wildman–Crippen LogP) is 2.58. The third-order valence-corrected chi connectivity index (χ3v) is 5.08. The van der Waals surface area contributed by atoms with Gasteiger partial charge in [-0.3, -0.25) is 9.59 Å². The van der Waals surface area contributed by atoms with Crippen molar-refractivity contribution >= 4 is 29.2 Å². The number of benzene rings is 1. The Labute approximate surface area is 145 Å². The van der Waals surface area contributed by atoms with E-state index in [0.717, 1.165) is 0 Å². The van der Waals surface area contributed by atoms with Gasteiger partial charge in [0.2, 0.25) is 5.91 Å². The van der Waals surface area contributed by atoms with Crippen molar-refractivity contribution in [2.45, 2.75) is 31.7 Å². The van der Waals surface area contributed by atoms with Crippen LogP contribution in [0.1, 0.15) is 13.8 Å². The molecule has 0 unspecified atom stereocenters.